The molecule has 0 saturated carbocycles. The minimum Gasteiger partial charge on any atom is -0.476 e. The van der Waals surface area contributed by atoms with Gasteiger partial charge >= 0.3 is 0 Å². The van der Waals surface area contributed by atoms with Gasteiger partial charge in [-0.1, -0.05) is 5.73 Å². The molecule has 8 heavy (non-hydrogen) atoms. The topological polar surface area (TPSA) is 21.3 Å². The zero-order valence-electron chi connectivity index (χ0n) is 4.64. The van der Waals surface area contributed by atoms with Gasteiger partial charge in [0, 0.05) is 6.20 Å². The lowest BCUT2D eigenvalue weighted by molar-refractivity contribution is 0.272. The Labute approximate surface area is 48.2 Å². The Kier molecular flexibility index (Phi) is 1.40. The maximum absolute atomic E-state index is 4.80. The van der Waals surface area contributed by atoms with Crippen LogP contribution in [0.15, 0.2) is 30.0 Å². The molecule has 42 valence electrons. The molecule has 0 amide bonds. The van der Waals surface area contributed by atoms with Gasteiger partial charge in [-0.05, 0) is 12.2 Å². The molecule has 0 aliphatic carbocycles. The molecule has 2 nitrogen and oxygen atoms in total. The first-order valence-electron chi connectivity index (χ1n) is 2.36. The third-order valence-electron chi connectivity index (χ3n) is 0.825. The predicted octanol–water partition coefficient (Wildman–Crippen LogP) is 0.746. The summed E-state index contributed by atoms with van der Waals surface area (Å²) in [4.78, 5) is 0. The second-order valence-electron chi connectivity index (χ2n) is 1.35. The van der Waals surface area contributed by atoms with Crippen LogP contribution in [0.1, 0.15) is 0 Å². The molecule has 1 N–H and O–H groups in total. The highest BCUT2D eigenvalue weighted by molar-refractivity contribution is 5.11. The van der Waals surface area contributed by atoms with Crippen LogP contribution >= 0.6 is 0 Å². The van der Waals surface area contributed by atoms with E-state index < -0.39 is 0 Å². The van der Waals surface area contributed by atoms with Gasteiger partial charge in [0.05, 0.1) is 7.11 Å². The lowest BCUT2D eigenvalue weighted by atomic mass is 10.5. The van der Waals surface area contributed by atoms with Crippen LogP contribution in [-0.2, 0) is 4.74 Å². The molecule has 0 radical (unpaired) electrons. The molecule has 0 aromatic rings. The number of methoxy groups -OCH3 is 1. The van der Waals surface area contributed by atoms with Gasteiger partial charge in [0.1, 0.15) is 0 Å². The highest BCUT2D eigenvalue weighted by atomic mass is 16.5. The van der Waals surface area contributed by atoms with E-state index in [1.165, 1.54) is 0 Å². The molecule has 1 aliphatic heterocycles. The molecule has 1 aliphatic rings. The molecule has 2 heteroatoms. The van der Waals surface area contributed by atoms with E-state index in [-0.39, 0.29) is 0 Å². The van der Waals surface area contributed by atoms with Crippen molar-refractivity contribution < 1.29 is 4.74 Å². The van der Waals surface area contributed by atoms with Crippen molar-refractivity contribution in [2.45, 2.75) is 0 Å². The Hall–Kier alpha value is -1.14. The van der Waals surface area contributed by atoms with Crippen molar-refractivity contribution >= 4 is 0 Å². The van der Waals surface area contributed by atoms with E-state index >= 15 is 0 Å². The fourth-order valence-electron chi connectivity index (χ4n) is 0.455. The second kappa shape index (κ2) is 2.24. The summed E-state index contributed by atoms with van der Waals surface area (Å²) in [5.74, 6) is 0.660. The van der Waals surface area contributed by atoms with E-state index in [0.29, 0.717) is 5.88 Å². The number of hydrogen-bond donors (Lipinski definition) is 1. The van der Waals surface area contributed by atoms with Gasteiger partial charge in [0.25, 0.3) is 0 Å². The summed E-state index contributed by atoms with van der Waals surface area (Å²) in [7, 11) is 1.60. The lowest BCUT2D eigenvalue weighted by Gasteiger charge is -2.01. The fraction of sp³-hybridized carbons (Fsp3) is 0.167. The summed E-state index contributed by atoms with van der Waals surface area (Å²) in [6, 6.07) is 0. The van der Waals surface area contributed by atoms with Crippen LogP contribution in [0, 0.1) is 0 Å². The molecule has 0 atom stereocenters. The highest BCUT2D eigenvalue weighted by Crippen LogP contribution is 1.90. The van der Waals surface area contributed by atoms with Gasteiger partial charge < -0.3 is 10.1 Å². The standard InChI is InChI=1S/C6H7NO/c1-8-6-4-2-3-5-7-6/h2-3,5,7H,1H3. The zero-order valence-corrected chi connectivity index (χ0v) is 4.64. The number of nitrogens with one attached hydrogen (secondary N) is 1. The van der Waals surface area contributed by atoms with Crippen molar-refractivity contribution in [1.29, 1.82) is 0 Å². The van der Waals surface area contributed by atoms with Gasteiger partial charge in [0.15, 0.2) is 0 Å². The largest absolute Gasteiger partial charge is 0.476 e. The average molecular weight is 109 g/mol. The van der Waals surface area contributed by atoms with Crippen molar-refractivity contribution in [2.24, 2.45) is 0 Å². The van der Waals surface area contributed by atoms with E-state index in [1.54, 1.807) is 19.4 Å². The Morgan fingerprint density at radius 1 is 1.75 bits per heavy atom. The summed E-state index contributed by atoms with van der Waals surface area (Å²) >= 11 is 0. The lowest BCUT2D eigenvalue weighted by Crippen LogP contribution is -2.06. The first kappa shape index (κ1) is 5.01. The van der Waals surface area contributed by atoms with Crippen LogP contribution in [0.2, 0.25) is 0 Å². The fourth-order valence-corrected chi connectivity index (χ4v) is 0.455. The Morgan fingerprint density at radius 3 is 3.00 bits per heavy atom. The predicted molar refractivity (Wildman–Crippen MR) is 30.9 cm³/mol. The summed E-state index contributed by atoms with van der Waals surface area (Å²) in [5.41, 5.74) is 2.84. The van der Waals surface area contributed by atoms with E-state index in [4.69, 9.17) is 4.74 Å². The molecule has 0 aromatic carbocycles. The Balaban J connectivity index is 2.69. The normalized spacial score (nSPS) is 14.9. The first-order valence-corrected chi connectivity index (χ1v) is 2.36. The number of rotatable bonds is 1. The van der Waals surface area contributed by atoms with E-state index in [1.807, 2.05) is 6.08 Å². The van der Waals surface area contributed by atoms with E-state index in [9.17, 15) is 0 Å². The molecule has 0 saturated heterocycles. The maximum atomic E-state index is 4.80. The van der Waals surface area contributed by atoms with Gasteiger partial charge in [-0.2, -0.15) is 0 Å². The number of ether oxygens (including phenoxy) is 1. The van der Waals surface area contributed by atoms with Crippen molar-refractivity contribution in [3.63, 3.8) is 0 Å². The Bertz CT molecular complexity index is 163. The first-order chi connectivity index (χ1) is 3.93. The van der Waals surface area contributed by atoms with Gasteiger partial charge in [-0.25, -0.2) is 0 Å². The monoisotopic (exact) mass is 109 g/mol. The molecular formula is C6H7NO. The molecule has 1 heterocycles. The molecule has 0 spiro atoms. The van der Waals surface area contributed by atoms with Crippen LogP contribution in [0.3, 0.4) is 0 Å². The molecule has 0 unspecified atom stereocenters. The van der Waals surface area contributed by atoms with Crippen molar-refractivity contribution in [2.75, 3.05) is 7.11 Å². The second-order valence-corrected chi connectivity index (χ2v) is 1.35. The molecular weight excluding hydrogens is 102 g/mol. The highest BCUT2D eigenvalue weighted by Gasteiger charge is 1.87. The van der Waals surface area contributed by atoms with Crippen molar-refractivity contribution in [3.8, 4) is 0 Å². The quantitative estimate of drug-likeness (QED) is 0.501. The molecule has 1 rings (SSSR count). The summed E-state index contributed by atoms with van der Waals surface area (Å²) < 4.78 is 4.80. The van der Waals surface area contributed by atoms with Gasteiger partial charge in [0.2, 0.25) is 5.88 Å². The van der Waals surface area contributed by atoms with Crippen molar-refractivity contribution in [3.05, 3.63) is 30.0 Å². The molecule has 0 bridgehead atoms. The van der Waals surface area contributed by atoms with Crippen LogP contribution in [-0.4, -0.2) is 7.11 Å². The third-order valence-corrected chi connectivity index (χ3v) is 0.825. The van der Waals surface area contributed by atoms with E-state index in [2.05, 4.69) is 11.0 Å². The number of allylic oxidation sites excluding steroid dienone is 2. The average Bonchev–Trinajstić information content (AvgIpc) is 1.90. The minimum atomic E-state index is 0.660. The summed E-state index contributed by atoms with van der Waals surface area (Å²) in [6.45, 7) is 0. The summed E-state index contributed by atoms with van der Waals surface area (Å²) in [5, 5.41) is 2.84. The third kappa shape index (κ3) is 0.922. The minimum absolute atomic E-state index is 0.660. The van der Waals surface area contributed by atoms with Gasteiger partial charge in [-0.3, -0.25) is 0 Å². The maximum Gasteiger partial charge on any atom is 0.237 e. The molecule has 0 aromatic heterocycles. The van der Waals surface area contributed by atoms with Crippen molar-refractivity contribution in [1.82, 2.24) is 5.32 Å². The number of hydrogen-bond acceptors (Lipinski definition) is 2. The van der Waals surface area contributed by atoms with Gasteiger partial charge in [-0.15, -0.1) is 0 Å². The smallest absolute Gasteiger partial charge is 0.237 e. The van der Waals surface area contributed by atoms with Crippen LogP contribution in [0.25, 0.3) is 0 Å². The van der Waals surface area contributed by atoms with E-state index in [0.717, 1.165) is 0 Å². The summed E-state index contributed by atoms with van der Waals surface area (Å²) in [6.07, 6.45) is 5.42. The Morgan fingerprint density at radius 2 is 2.62 bits per heavy atom. The molecule has 0 fully saturated rings. The van der Waals surface area contributed by atoms with Crippen LogP contribution < -0.4 is 5.32 Å². The SMILES string of the molecule is COC1=C=CC=CN1. The zero-order chi connectivity index (χ0) is 5.82. The van der Waals surface area contributed by atoms with Crippen LogP contribution in [0.5, 0.6) is 0 Å². The van der Waals surface area contributed by atoms with Crippen LogP contribution in [0.4, 0.5) is 0 Å².